The highest BCUT2D eigenvalue weighted by molar-refractivity contribution is 6.09. The molecule has 2 aromatic rings. The Labute approximate surface area is 162 Å². The quantitative estimate of drug-likeness (QED) is 0.502. The lowest BCUT2D eigenvalue weighted by atomic mass is 9.88. The number of carbonyl (C=O) groups is 2. The van der Waals surface area contributed by atoms with Crippen LogP contribution in [0.3, 0.4) is 0 Å². The molecule has 1 saturated heterocycles. The number of amides is 2. The van der Waals surface area contributed by atoms with Crippen molar-refractivity contribution in [3.63, 3.8) is 0 Å². The van der Waals surface area contributed by atoms with Gasteiger partial charge in [-0.15, -0.1) is 0 Å². The Bertz CT molecular complexity index is 984. The van der Waals surface area contributed by atoms with E-state index in [2.05, 4.69) is 5.32 Å². The standard InChI is InChI=1S/C21H21N3O4/c1-14-8-7-11-17(24(27)28)16(14)12-18-19(25)22-21(2,20(26)23(18)3)13-15-9-5-4-6-10-15/h4-12H,13H2,1-3H3,(H,22,25). The van der Waals surface area contributed by atoms with Crippen molar-refractivity contribution in [3.05, 3.63) is 81.0 Å². The summed E-state index contributed by atoms with van der Waals surface area (Å²) in [5.74, 6) is -0.725. The first-order chi connectivity index (χ1) is 13.2. The minimum absolute atomic E-state index is 0.0768. The molecule has 2 amide bonds. The van der Waals surface area contributed by atoms with Crippen molar-refractivity contribution in [2.45, 2.75) is 25.8 Å². The van der Waals surface area contributed by atoms with Gasteiger partial charge in [0.05, 0.1) is 10.5 Å². The molecule has 0 aliphatic carbocycles. The van der Waals surface area contributed by atoms with Gasteiger partial charge in [-0.2, -0.15) is 0 Å². The summed E-state index contributed by atoms with van der Waals surface area (Å²) in [5.41, 5.74) is 0.750. The maximum atomic E-state index is 13.0. The maximum Gasteiger partial charge on any atom is 0.276 e. The second kappa shape index (κ2) is 7.26. The minimum atomic E-state index is -1.10. The van der Waals surface area contributed by atoms with Gasteiger partial charge in [0.25, 0.3) is 17.5 Å². The molecule has 7 heteroatoms. The van der Waals surface area contributed by atoms with E-state index in [1.165, 1.54) is 24.1 Å². The van der Waals surface area contributed by atoms with Crippen molar-refractivity contribution in [2.75, 3.05) is 7.05 Å². The summed E-state index contributed by atoms with van der Waals surface area (Å²) in [6, 6.07) is 14.1. The largest absolute Gasteiger partial charge is 0.336 e. The summed E-state index contributed by atoms with van der Waals surface area (Å²) in [4.78, 5) is 38.0. The summed E-state index contributed by atoms with van der Waals surface area (Å²) in [5, 5.41) is 14.1. The zero-order valence-corrected chi connectivity index (χ0v) is 15.9. The van der Waals surface area contributed by atoms with E-state index in [0.29, 0.717) is 17.5 Å². The molecule has 0 bridgehead atoms. The lowest BCUT2D eigenvalue weighted by molar-refractivity contribution is -0.385. The number of carbonyl (C=O) groups excluding carboxylic acids is 2. The molecule has 1 atom stereocenters. The molecule has 1 unspecified atom stereocenters. The zero-order chi connectivity index (χ0) is 20.5. The van der Waals surface area contributed by atoms with Gasteiger partial charge in [-0.25, -0.2) is 0 Å². The molecule has 1 aliphatic heterocycles. The Morgan fingerprint density at radius 1 is 1.14 bits per heavy atom. The van der Waals surface area contributed by atoms with Crippen LogP contribution in [0, 0.1) is 17.0 Å². The number of aryl methyl sites for hydroxylation is 1. The lowest BCUT2D eigenvalue weighted by Crippen LogP contribution is -2.64. The number of nitro groups is 1. The van der Waals surface area contributed by atoms with Crippen molar-refractivity contribution < 1.29 is 14.5 Å². The summed E-state index contributed by atoms with van der Waals surface area (Å²) >= 11 is 0. The van der Waals surface area contributed by atoms with Crippen molar-refractivity contribution in [1.29, 1.82) is 0 Å². The van der Waals surface area contributed by atoms with Gasteiger partial charge in [0.2, 0.25) is 0 Å². The van der Waals surface area contributed by atoms with Crippen LogP contribution in [-0.2, 0) is 16.0 Å². The van der Waals surface area contributed by atoms with E-state index in [1.54, 1.807) is 26.0 Å². The molecule has 1 heterocycles. The summed E-state index contributed by atoms with van der Waals surface area (Å²) in [6.07, 6.45) is 1.75. The smallest absolute Gasteiger partial charge is 0.276 e. The first-order valence-electron chi connectivity index (χ1n) is 8.83. The number of hydrogen-bond donors (Lipinski definition) is 1. The minimum Gasteiger partial charge on any atom is -0.336 e. The molecule has 28 heavy (non-hydrogen) atoms. The van der Waals surface area contributed by atoms with Crippen molar-refractivity contribution >= 4 is 23.6 Å². The molecule has 3 rings (SSSR count). The highest BCUT2D eigenvalue weighted by Crippen LogP contribution is 2.29. The van der Waals surface area contributed by atoms with Gasteiger partial charge >= 0.3 is 0 Å². The third-order valence-electron chi connectivity index (χ3n) is 4.94. The zero-order valence-electron chi connectivity index (χ0n) is 15.9. The van der Waals surface area contributed by atoms with Gasteiger partial charge in [0, 0.05) is 19.5 Å². The van der Waals surface area contributed by atoms with Gasteiger partial charge < -0.3 is 10.2 Å². The molecule has 1 aliphatic rings. The molecule has 0 aromatic heterocycles. The molecule has 0 spiro atoms. The van der Waals surface area contributed by atoms with Gasteiger partial charge in [-0.3, -0.25) is 19.7 Å². The van der Waals surface area contributed by atoms with E-state index in [-0.39, 0.29) is 17.3 Å². The highest BCUT2D eigenvalue weighted by Gasteiger charge is 2.44. The van der Waals surface area contributed by atoms with E-state index in [9.17, 15) is 19.7 Å². The third kappa shape index (κ3) is 3.51. The molecule has 2 aromatic carbocycles. The third-order valence-corrected chi connectivity index (χ3v) is 4.94. The van der Waals surface area contributed by atoms with E-state index in [4.69, 9.17) is 0 Å². The predicted octanol–water partition coefficient (Wildman–Crippen LogP) is 2.83. The highest BCUT2D eigenvalue weighted by atomic mass is 16.6. The second-order valence-electron chi connectivity index (χ2n) is 7.11. The van der Waals surface area contributed by atoms with Crippen LogP contribution in [-0.4, -0.2) is 34.2 Å². The van der Waals surface area contributed by atoms with E-state index >= 15 is 0 Å². The van der Waals surface area contributed by atoms with E-state index < -0.39 is 16.4 Å². The van der Waals surface area contributed by atoms with Crippen LogP contribution in [0.5, 0.6) is 0 Å². The number of nitrogens with zero attached hydrogens (tertiary/aromatic N) is 2. The fourth-order valence-corrected chi connectivity index (χ4v) is 3.44. The second-order valence-corrected chi connectivity index (χ2v) is 7.11. The van der Waals surface area contributed by atoms with Gasteiger partial charge in [0.1, 0.15) is 11.2 Å². The topological polar surface area (TPSA) is 92.5 Å². The summed E-state index contributed by atoms with van der Waals surface area (Å²) in [6.45, 7) is 3.41. The van der Waals surface area contributed by atoms with Crippen molar-refractivity contribution in [1.82, 2.24) is 10.2 Å². The Hall–Kier alpha value is -3.48. The number of benzene rings is 2. The van der Waals surface area contributed by atoms with Crippen LogP contribution in [0.15, 0.2) is 54.2 Å². The van der Waals surface area contributed by atoms with Gasteiger partial charge in [-0.05, 0) is 31.1 Å². The first kappa shape index (κ1) is 19.3. The molecule has 1 N–H and O–H groups in total. The summed E-state index contributed by atoms with van der Waals surface area (Å²) < 4.78 is 0. The van der Waals surface area contributed by atoms with Crippen LogP contribution in [0.25, 0.3) is 6.08 Å². The SMILES string of the molecule is Cc1cccc([N+](=O)[O-])c1C=C1C(=O)NC(C)(Cc2ccccc2)C(=O)N1C. The van der Waals surface area contributed by atoms with Crippen LogP contribution < -0.4 is 5.32 Å². The molecule has 0 saturated carbocycles. The monoisotopic (exact) mass is 379 g/mol. The average molecular weight is 379 g/mol. The first-order valence-corrected chi connectivity index (χ1v) is 8.83. The number of nitro benzene ring substituents is 1. The van der Waals surface area contributed by atoms with Crippen molar-refractivity contribution in [3.8, 4) is 0 Å². The Kier molecular flexibility index (Phi) is 5.00. The molecular weight excluding hydrogens is 358 g/mol. The molecule has 7 nitrogen and oxygen atoms in total. The number of hydrogen-bond acceptors (Lipinski definition) is 4. The lowest BCUT2D eigenvalue weighted by Gasteiger charge is -2.39. The van der Waals surface area contributed by atoms with E-state index in [1.807, 2.05) is 30.3 Å². The molecule has 144 valence electrons. The fourth-order valence-electron chi connectivity index (χ4n) is 3.44. The number of likely N-dealkylation sites (N-methyl/N-ethyl adjacent to an activating group) is 1. The van der Waals surface area contributed by atoms with Crippen LogP contribution in [0.2, 0.25) is 0 Å². The van der Waals surface area contributed by atoms with Crippen LogP contribution >= 0.6 is 0 Å². The van der Waals surface area contributed by atoms with Crippen LogP contribution in [0.4, 0.5) is 5.69 Å². The van der Waals surface area contributed by atoms with Gasteiger partial charge in [-0.1, -0.05) is 42.5 Å². The fraction of sp³-hybridized carbons (Fsp3) is 0.238. The molecule has 0 radical (unpaired) electrons. The number of nitrogens with one attached hydrogen (secondary N) is 1. The Balaban J connectivity index is 1.98. The molecule has 1 fully saturated rings. The predicted molar refractivity (Wildman–Crippen MR) is 105 cm³/mol. The Morgan fingerprint density at radius 3 is 2.46 bits per heavy atom. The summed E-state index contributed by atoms with van der Waals surface area (Å²) in [7, 11) is 1.51. The normalized spacial score (nSPS) is 21.0. The number of rotatable bonds is 4. The van der Waals surface area contributed by atoms with Gasteiger partial charge in [0.15, 0.2) is 0 Å². The Morgan fingerprint density at radius 2 is 1.82 bits per heavy atom. The molecular formula is C21H21N3O4. The van der Waals surface area contributed by atoms with Crippen LogP contribution in [0.1, 0.15) is 23.6 Å². The maximum absolute atomic E-state index is 13.0. The average Bonchev–Trinajstić information content (AvgIpc) is 2.65. The number of piperazine rings is 1. The van der Waals surface area contributed by atoms with E-state index in [0.717, 1.165) is 5.56 Å². The van der Waals surface area contributed by atoms with Crippen molar-refractivity contribution in [2.24, 2.45) is 0 Å².